The zero-order valence-electron chi connectivity index (χ0n) is 18.0. The highest BCUT2D eigenvalue weighted by molar-refractivity contribution is 6.33. The van der Waals surface area contributed by atoms with Crippen LogP contribution in [0.3, 0.4) is 0 Å². The van der Waals surface area contributed by atoms with E-state index < -0.39 is 66.5 Å². The number of hydrogen-bond acceptors (Lipinski definition) is 8. The lowest BCUT2D eigenvalue weighted by molar-refractivity contribution is -0.385. The summed E-state index contributed by atoms with van der Waals surface area (Å²) in [6.45, 7) is 7.22. The predicted molar refractivity (Wildman–Crippen MR) is 113 cm³/mol. The van der Waals surface area contributed by atoms with Crippen LogP contribution in [-0.2, 0) is 12.8 Å². The summed E-state index contributed by atoms with van der Waals surface area (Å²) in [6.07, 6.45) is 0.377. The van der Waals surface area contributed by atoms with E-state index in [0.717, 1.165) is 12.1 Å². The first-order valence-corrected chi connectivity index (χ1v) is 10.0. The minimum absolute atomic E-state index is 0.0348. The first-order chi connectivity index (χ1) is 14.9. The largest absolute Gasteiger partial charge is 0.507 e. The summed E-state index contributed by atoms with van der Waals surface area (Å²) in [6, 6.07) is 2.03. The Balaban J connectivity index is 2.44. The Kier molecular flexibility index (Phi) is 5.73. The van der Waals surface area contributed by atoms with Crippen molar-refractivity contribution in [3.63, 3.8) is 0 Å². The van der Waals surface area contributed by atoms with Gasteiger partial charge in [0.2, 0.25) is 11.6 Å². The van der Waals surface area contributed by atoms with Crippen LogP contribution >= 0.6 is 0 Å². The van der Waals surface area contributed by atoms with E-state index in [1.54, 1.807) is 27.7 Å². The molecule has 0 heterocycles. The molecule has 10 nitrogen and oxygen atoms in total. The van der Waals surface area contributed by atoms with Crippen LogP contribution in [0.25, 0.3) is 0 Å². The highest BCUT2D eigenvalue weighted by Gasteiger charge is 2.45. The molecule has 10 heteroatoms. The highest BCUT2D eigenvalue weighted by atomic mass is 16.6. The van der Waals surface area contributed by atoms with Crippen LogP contribution in [0.5, 0.6) is 11.5 Å². The van der Waals surface area contributed by atoms with Crippen molar-refractivity contribution in [3.8, 4) is 11.5 Å². The van der Waals surface area contributed by atoms with Crippen molar-refractivity contribution < 1.29 is 29.6 Å². The van der Waals surface area contributed by atoms with Crippen molar-refractivity contribution in [2.75, 3.05) is 0 Å². The summed E-state index contributed by atoms with van der Waals surface area (Å²) >= 11 is 0. The van der Waals surface area contributed by atoms with Gasteiger partial charge in [0.05, 0.1) is 21.0 Å². The van der Waals surface area contributed by atoms with E-state index in [9.17, 15) is 40.0 Å². The molecule has 0 fully saturated rings. The Labute approximate surface area is 182 Å². The van der Waals surface area contributed by atoms with Crippen LogP contribution in [0.15, 0.2) is 12.1 Å². The summed E-state index contributed by atoms with van der Waals surface area (Å²) in [5.41, 5.74) is -3.90. The van der Waals surface area contributed by atoms with E-state index >= 15 is 0 Å². The predicted octanol–water partition coefficient (Wildman–Crippen LogP) is 4.09. The molecule has 0 radical (unpaired) electrons. The number of rotatable bonds is 6. The van der Waals surface area contributed by atoms with Gasteiger partial charge < -0.3 is 10.2 Å². The van der Waals surface area contributed by atoms with Crippen molar-refractivity contribution in [1.29, 1.82) is 0 Å². The fourth-order valence-electron chi connectivity index (χ4n) is 4.06. The molecule has 0 bridgehead atoms. The normalized spacial score (nSPS) is 12.8. The molecular formula is C22H22N2O8. The van der Waals surface area contributed by atoms with Gasteiger partial charge in [-0.3, -0.25) is 29.8 Å². The van der Waals surface area contributed by atoms with Crippen molar-refractivity contribution in [1.82, 2.24) is 0 Å². The van der Waals surface area contributed by atoms with Crippen LogP contribution in [0.4, 0.5) is 11.4 Å². The number of hydrogen-bond donors (Lipinski definition) is 2. The van der Waals surface area contributed by atoms with E-state index in [2.05, 4.69) is 0 Å². The van der Waals surface area contributed by atoms with E-state index in [4.69, 9.17) is 0 Å². The number of ketones is 2. The molecule has 2 aromatic rings. The summed E-state index contributed by atoms with van der Waals surface area (Å²) in [5.74, 6) is -3.49. The molecule has 168 valence electrons. The Bertz CT molecular complexity index is 1110. The second kappa shape index (κ2) is 8.03. The lowest BCUT2D eigenvalue weighted by Gasteiger charge is -2.22. The summed E-state index contributed by atoms with van der Waals surface area (Å²) < 4.78 is 0. The van der Waals surface area contributed by atoms with Gasteiger partial charge in [0, 0.05) is 23.3 Å². The van der Waals surface area contributed by atoms with Gasteiger partial charge in [-0.15, -0.1) is 0 Å². The maximum Gasteiger partial charge on any atom is 0.281 e. The molecule has 1 aliphatic carbocycles. The van der Waals surface area contributed by atoms with Gasteiger partial charge in [-0.1, -0.05) is 27.7 Å². The smallest absolute Gasteiger partial charge is 0.281 e. The molecule has 0 atom stereocenters. The second-order valence-corrected chi connectivity index (χ2v) is 8.68. The molecule has 0 saturated heterocycles. The van der Waals surface area contributed by atoms with Gasteiger partial charge >= 0.3 is 0 Å². The van der Waals surface area contributed by atoms with Gasteiger partial charge in [0.25, 0.3) is 11.4 Å². The minimum atomic E-state index is -1.16. The van der Waals surface area contributed by atoms with Crippen LogP contribution in [0, 0.1) is 32.1 Å². The van der Waals surface area contributed by atoms with Crippen LogP contribution in [0.2, 0.25) is 0 Å². The third kappa shape index (κ3) is 3.57. The molecule has 0 saturated carbocycles. The fourth-order valence-corrected chi connectivity index (χ4v) is 4.06. The Morgan fingerprint density at radius 1 is 0.719 bits per heavy atom. The maximum absolute atomic E-state index is 13.4. The van der Waals surface area contributed by atoms with Gasteiger partial charge in [-0.2, -0.15) is 0 Å². The number of benzene rings is 2. The number of nitro groups is 2. The number of phenolic OH excluding ortho intramolecular Hbond substituents is 2. The lowest BCUT2D eigenvalue weighted by Crippen LogP contribution is -2.25. The molecule has 32 heavy (non-hydrogen) atoms. The SMILES string of the molecule is CC(C)Cc1cc([N+](=O)[O-])c2c(c1O)C(=O)c1c(O)c(CC(C)C)cc([N+](=O)[O-])c1C2=O. The molecule has 0 amide bonds. The number of carbonyl (C=O) groups excluding carboxylic acids is 2. The zero-order chi connectivity index (χ0) is 24.1. The number of nitro benzene ring substituents is 2. The Morgan fingerprint density at radius 3 is 1.31 bits per heavy atom. The maximum atomic E-state index is 13.4. The van der Waals surface area contributed by atoms with E-state index in [-0.39, 0.29) is 35.8 Å². The summed E-state index contributed by atoms with van der Waals surface area (Å²) in [4.78, 5) is 48.4. The van der Waals surface area contributed by atoms with Crippen molar-refractivity contribution >= 4 is 22.9 Å². The van der Waals surface area contributed by atoms with Crippen LogP contribution in [0.1, 0.15) is 70.7 Å². The molecular weight excluding hydrogens is 420 g/mol. The molecule has 0 unspecified atom stereocenters. The van der Waals surface area contributed by atoms with Crippen molar-refractivity contribution in [3.05, 3.63) is 65.7 Å². The third-order valence-corrected chi connectivity index (χ3v) is 5.27. The molecule has 0 aromatic heterocycles. The number of aromatic hydroxyl groups is 2. The van der Waals surface area contributed by atoms with Gasteiger partial charge in [0.1, 0.15) is 22.6 Å². The van der Waals surface area contributed by atoms with Crippen LogP contribution in [-0.4, -0.2) is 31.6 Å². The van der Waals surface area contributed by atoms with Crippen molar-refractivity contribution in [2.24, 2.45) is 11.8 Å². The van der Waals surface area contributed by atoms with Gasteiger partial charge in [-0.05, 0) is 24.7 Å². The average Bonchev–Trinajstić information content (AvgIpc) is 2.67. The molecule has 0 aliphatic heterocycles. The summed E-state index contributed by atoms with van der Waals surface area (Å²) in [7, 11) is 0. The molecule has 3 rings (SSSR count). The molecule has 0 spiro atoms. The number of carbonyl (C=O) groups is 2. The number of phenols is 2. The minimum Gasteiger partial charge on any atom is -0.507 e. The van der Waals surface area contributed by atoms with Gasteiger partial charge in [-0.25, -0.2) is 0 Å². The van der Waals surface area contributed by atoms with E-state index in [0.29, 0.717) is 0 Å². The molecule has 1 aliphatic rings. The third-order valence-electron chi connectivity index (χ3n) is 5.27. The van der Waals surface area contributed by atoms with E-state index in [1.807, 2.05) is 0 Å². The fraction of sp³-hybridized carbons (Fsp3) is 0.364. The molecule has 2 aromatic carbocycles. The second-order valence-electron chi connectivity index (χ2n) is 8.68. The number of nitrogens with zero attached hydrogens (tertiary/aromatic N) is 2. The lowest BCUT2D eigenvalue weighted by atomic mass is 9.78. The highest BCUT2D eigenvalue weighted by Crippen LogP contribution is 2.46. The van der Waals surface area contributed by atoms with Gasteiger partial charge in [0.15, 0.2) is 0 Å². The Hall–Kier alpha value is -3.82. The zero-order valence-corrected chi connectivity index (χ0v) is 18.0. The standard InChI is InChI=1S/C22H22N2O8/c1-9(2)5-11-7-13(23(29)30)15-17(19(11)25)22(28)18-16(21(15)27)14(24(31)32)8-12(20(18)26)6-10(3)4/h7-10,25-26H,5-6H2,1-4H3. The number of fused-ring (bicyclic) bond motifs is 2. The Morgan fingerprint density at radius 2 is 1.03 bits per heavy atom. The first-order valence-electron chi connectivity index (χ1n) is 10.0. The quantitative estimate of drug-likeness (QED) is 0.426. The monoisotopic (exact) mass is 442 g/mol. The van der Waals surface area contributed by atoms with Crippen LogP contribution < -0.4 is 0 Å². The van der Waals surface area contributed by atoms with Crippen molar-refractivity contribution in [2.45, 2.75) is 40.5 Å². The topological polar surface area (TPSA) is 161 Å². The average molecular weight is 442 g/mol. The molecule has 2 N–H and O–H groups in total. The summed E-state index contributed by atoms with van der Waals surface area (Å²) in [5, 5.41) is 45.0. The first kappa shape index (κ1) is 22.9. The van der Waals surface area contributed by atoms with E-state index in [1.165, 1.54) is 0 Å².